The summed E-state index contributed by atoms with van der Waals surface area (Å²) in [7, 11) is 0. The number of nitrogens with zero attached hydrogens (tertiary/aromatic N) is 2. The molecule has 0 amide bonds. The first-order chi connectivity index (χ1) is 16.0. The van der Waals surface area contributed by atoms with Crippen LogP contribution in [0.3, 0.4) is 0 Å². The fourth-order valence-electron chi connectivity index (χ4n) is 5.17. The van der Waals surface area contributed by atoms with Crippen molar-refractivity contribution in [3.63, 3.8) is 0 Å². The quantitative estimate of drug-likeness (QED) is 0.309. The van der Waals surface area contributed by atoms with Crippen LogP contribution in [0.5, 0.6) is 0 Å². The van der Waals surface area contributed by atoms with Crippen LogP contribution in [-0.4, -0.2) is 15.7 Å². The maximum absolute atomic E-state index is 13.4. The van der Waals surface area contributed by atoms with Crippen LogP contribution >= 0.6 is 0 Å². The normalized spacial score (nSPS) is 18.2. The van der Waals surface area contributed by atoms with Crippen LogP contribution in [0.15, 0.2) is 78.9 Å². The lowest BCUT2D eigenvalue weighted by atomic mass is 9.75. The maximum Gasteiger partial charge on any atom is 0.271 e. The molecule has 1 aliphatic rings. The molecule has 0 spiro atoms. The Morgan fingerprint density at radius 3 is 2.45 bits per heavy atom. The van der Waals surface area contributed by atoms with Crippen LogP contribution in [0.1, 0.15) is 67.1 Å². The van der Waals surface area contributed by atoms with E-state index in [1.165, 1.54) is 16.3 Å². The molecule has 1 aromatic heterocycles. The number of aromatic nitrogens is 2. The molecule has 3 nitrogen and oxygen atoms in total. The van der Waals surface area contributed by atoms with Crippen molar-refractivity contribution in [1.82, 2.24) is 9.78 Å². The van der Waals surface area contributed by atoms with Gasteiger partial charge >= 0.3 is 0 Å². The van der Waals surface area contributed by atoms with Crippen molar-refractivity contribution in [2.45, 2.75) is 45.4 Å². The minimum atomic E-state index is -0.0816. The summed E-state index contributed by atoms with van der Waals surface area (Å²) in [6, 6.07) is 24.8. The molecule has 0 fully saturated rings. The van der Waals surface area contributed by atoms with E-state index in [9.17, 15) is 4.79 Å². The van der Waals surface area contributed by atoms with Gasteiger partial charge in [0, 0.05) is 23.1 Å². The van der Waals surface area contributed by atoms with E-state index >= 15 is 0 Å². The van der Waals surface area contributed by atoms with E-state index in [4.69, 9.17) is 5.10 Å². The number of benzene rings is 3. The van der Waals surface area contributed by atoms with Gasteiger partial charge in [0.25, 0.3) is 5.91 Å². The SMILES string of the molecule is CC1CCC(C(C)C)c2c1c(-c1ccc3ccccc3c1)nn2C(=O)C=Cc1ccccc1. The summed E-state index contributed by atoms with van der Waals surface area (Å²) in [6.07, 6.45) is 5.74. The second-order valence-corrected chi connectivity index (χ2v) is 9.53. The Balaban J connectivity index is 1.65. The lowest BCUT2D eigenvalue weighted by Crippen LogP contribution is -2.23. The topological polar surface area (TPSA) is 34.9 Å². The number of hydrogen-bond acceptors (Lipinski definition) is 2. The summed E-state index contributed by atoms with van der Waals surface area (Å²) in [5.41, 5.74) is 5.40. The summed E-state index contributed by atoms with van der Waals surface area (Å²) in [6.45, 7) is 6.78. The lowest BCUT2D eigenvalue weighted by Gasteiger charge is -2.30. The van der Waals surface area contributed by atoms with Crippen LogP contribution in [0.4, 0.5) is 0 Å². The maximum atomic E-state index is 13.4. The lowest BCUT2D eigenvalue weighted by molar-refractivity contribution is 0.0947. The van der Waals surface area contributed by atoms with Gasteiger partial charge in [-0.15, -0.1) is 0 Å². The third kappa shape index (κ3) is 4.04. The number of carbonyl (C=O) groups excluding carboxylic acids is 1. The molecule has 5 rings (SSSR count). The highest BCUT2D eigenvalue weighted by Gasteiger charge is 2.35. The number of rotatable bonds is 4. The van der Waals surface area contributed by atoms with Gasteiger partial charge in [0.05, 0.1) is 11.4 Å². The zero-order valence-corrected chi connectivity index (χ0v) is 19.5. The third-order valence-corrected chi connectivity index (χ3v) is 6.97. The summed E-state index contributed by atoms with van der Waals surface area (Å²) >= 11 is 0. The van der Waals surface area contributed by atoms with E-state index in [1.54, 1.807) is 10.8 Å². The second kappa shape index (κ2) is 8.82. The molecule has 1 heterocycles. The molecule has 166 valence electrons. The van der Waals surface area contributed by atoms with Crippen molar-refractivity contribution in [2.24, 2.45) is 5.92 Å². The number of carbonyl (C=O) groups is 1. The monoisotopic (exact) mass is 434 g/mol. The van der Waals surface area contributed by atoms with Crippen LogP contribution in [0.2, 0.25) is 0 Å². The molecule has 3 heteroatoms. The Kier molecular flexibility index (Phi) is 5.72. The Hall–Kier alpha value is -3.46. The van der Waals surface area contributed by atoms with E-state index in [-0.39, 0.29) is 5.91 Å². The first-order valence-corrected chi connectivity index (χ1v) is 11.9. The predicted octanol–water partition coefficient (Wildman–Crippen LogP) is 7.69. The van der Waals surface area contributed by atoms with Gasteiger partial charge in [0.1, 0.15) is 0 Å². The Labute approximate surface area is 195 Å². The zero-order chi connectivity index (χ0) is 22.9. The van der Waals surface area contributed by atoms with Crippen molar-refractivity contribution in [1.29, 1.82) is 0 Å². The summed E-state index contributed by atoms with van der Waals surface area (Å²) in [5.74, 6) is 1.06. The molecule has 0 radical (unpaired) electrons. The highest BCUT2D eigenvalue weighted by Crippen LogP contribution is 2.46. The first kappa shape index (κ1) is 21.4. The van der Waals surface area contributed by atoms with Crippen LogP contribution in [0.25, 0.3) is 28.1 Å². The van der Waals surface area contributed by atoms with Gasteiger partial charge in [-0.2, -0.15) is 5.10 Å². The zero-order valence-electron chi connectivity index (χ0n) is 19.5. The largest absolute Gasteiger partial charge is 0.271 e. The summed E-state index contributed by atoms with van der Waals surface area (Å²) < 4.78 is 1.69. The molecule has 33 heavy (non-hydrogen) atoms. The second-order valence-electron chi connectivity index (χ2n) is 9.53. The fourth-order valence-corrected chi connectivity index (χ4v) is 5.17. The predicted molar refractivity (Wildman–Crippen MR) is 136 cm³/mol. The molecule has 0 N–H and O–H groups in total. The van der Waals surface area contributed by atoms with Crippen LogP contribution in [0, 0.1) is 5.92 Å². The average molecular weight is 435 g/mol. The van der Waals surface area contributed by atoms with Gasteiger partial charge in [-0.1, -0.05) is 87.5 Å². The smallest absolute Gasteiger partial charge is 0.267 e. The first-order valence-electron chi connectivity index (χ1n) is 11.9. The Morgan fingerprint density at radius 1 is 0.970 bits per heavy atom. The van der Waals surface area contributed by atoms with E-state index < -0.39 is 0 Å². The van der Waals surface area contributed by atoms with E-state index in [2.05, 4.69) is 63.2 Å². The molecule has 0 saturated carbocycles. The third-order valence-electron chi connectivity index (χ3n) is 6.97. The van der Waals surface area contributed by atoms with Crippen molar-refractivity contribution in [2.75, 3.05) is 0 Å². The molecule has 3 aromatic carbocycles. The average Bonchev–Trinajstić information content (AvgIpc) is 3.24. The van der Waals surface area contributed by atoms with E-state index in [0.717, 1.165) is 35.4 Å². The van der Waals surface area contributed by atoms with Crippen molar-refractivity contribution in [3.8, 4) is 11.3 Å². The molecular weight excluding hydrogens is 404 g/mol. The standard InChI is InChI=1S/C30H30N2O/c1-20(2)26-17-13-21(3)28-29(25-16-15-23-11-7-8-12-24(23)19-25)31-32(30(26)28)27(33)18-14-22-9-5-4-6-10-22/h4-12,14-16,18-21,26H,13,17H2,1-3H3. The number of allylic oxidation sites excluding steroid dienone is 1. The number of fused-ring (bicyclic) bond motifs is 2. The van der Waals surface area contributed by atoms with Gasteiger partial charge in [-0.05, 0) is 53.2 Å². The van der Waals surface area contributed by atoms with Gasteiger partial charge in [0.2, 0.25) is 0 Å². The van der Waals surface area contributed by atoms with Crippen molar-refractivity contribution >= 4 is 22.8 Å². The molecule has 4 aromatic rings. The number of hydrogen-bond donors (Lipinski definition) is 0. The van der Waals surface area contributed by atoms with Crippen LogP contribution < -0.4 is 0 Å². The van der Waals surface area contributed by atoms with E-state index in [0.29, 0.717) is 17.8 Å². The van der Waals surface area contributed by atoms with Crippen LogP contribution in [-0.2, 0) is 0 Å². The highest BCUT2D eigenvalue weighted by molar-refractivity contribution is 5.95. The summed E-state index contributed by atoms with van der Waals surface area (Å²) in [4.78, 5) is 13.4. The summed E-state index contributed by atoms with van der Waals surface area (Å²) in [5, 5.41) is 7.38. The fraction of sp³-hybridized carbons (Fsp3) is 0.267. The molecule has 2 atom stereocenters. The van der Waals surface area contributed by atoms with Gasteiger partial charge in [-0.25, -0.2) is 4.68 Å². The van der Waals surface area contributed by atoms with E-state index in [1.807, 2.05) is 36.4 Å². The molecule has 2 unspecified atom stereocenters. The van der Waals surface area contributed by atoms with Gasteiger partial charge < -0.3 is 0 Å². The highest BCUT2D eigenvalue weighted by atomic mass is 16.2. The minimum Gasteiger partial charge on any atom is -0.267 e. The Bertz CT molecular complexity index is 1330. The van der Waals surface area contributed by atoms with Gasteiger partial charge in [0.15, 0.2) is 0 Å². The molecule has 0 bridgehead atoms. The minimum absolute atomic E-state index is 0.0816. The molecule has 1 aliphatic carbocycles. The molecule has 0 aliphatic heterocycles. The Morgan fingerprint density at radius 2 is 1.70 bits per heavy atom. The molecular formula is C30H30N2O. The van der Waals surface area contributed by atoms with Crippen molar-refractivity contribution < 1.29 is 4.79 Å². The van der Waals surface area contributed by atoms with Crippen molar-refractivity contribution in [3.05, 3.63) is 95.7 Å². The molecule has 0 saturated heterocycles. The van der Waals surface area contributed by atoms with Gasteiger partial charge in [-0.3, -0.25) is 4.79 Å².